The fourth-order valence-electron chi connectivity index (χ4n) is 2.83. The van der Waals surface area contributed by atoms with Crippen LogP contribution in [0.15, 0.2) is 81.3 Å². The molecule has 0 saturated heterocycles. The Morgan fingerprint density at radius 2 is 1.89 bits per heavy atom. The lowest BCUT2D eigenvalue weighted by molar-refractivity contribution is 0.414. The quantitative estimate of drug-likeness (QED) is 0.369. The van der Waals surface area contributed by atoms with Gasteiger partial charge in [0.1, 0.15) is 11.5 Å². The zero-order valence-corrected chi connectivity index (χ0v) is 15.6. The van der Waals surface area contributed by atoms with Gasteiger partial charge in [0.15, 0.2) is 5.16 Å². The van der Waals surface area contributed by atoms with Crippen LogP contribution in [-0.2, 0) is 12.3 Å². The standard InChI is InChI=1S/C21H18N2O3S/c1-25-16-10-8-15(9-11-16)14-27-21-22-19-7-3-2-6-18(19)20(24)23(21)13-17-5-4-12-26-17/h2-12H,13-14H2,1H3. The number of thioether (sulfide) groups is 1. The molecule has 6 heteroatoms. The van der Waals surface area contributed by atoms with Crippen molar-refractivity contribution in [3.05, 3.63) is 88.6 Å². The molecule has 0 saturated carbocycles. The number of furan rings is 1. The van der Waals surface area contributed by atoms with Crippen LogP contribution < -0.4 is 10.3 Å². The van der Waals surface area contributed by atoms with Crippen molar-refractivity contribution in [3.8, 4) is 5.75 Å². The summed E-state index contributed by atoms with van der Waals surface area (Å²) in [4.78, 5) is 17.7. The molecular weight excluding hydrogens is 360 g/mol. The van der Waals surface area contributed by atoms with Crippen LogP contribution in [0, 0.1) is 0 Å². The summed E-state index contributed by atoms with van der Waals surface area (Å²) in [5, 5.41) is 1.28. The van der Waals surface area contributed by atoms with E-state index in [0.717, 1.165) is 17.1 Å². The maximum absolute atomic E-state index is 13.0. The van der Waals surface area contributed by atoms with Crippen LogP contribution in [-0.4, -0.2) is 16.7 Å². The van der Waals surface area contributed by atoms with E-state index in [4.69, 9.17) is 14.1 Å². The second-order valence-electron chi connectivity index (χ2n) is 6.02. The van der Waals surface area contributed by atoms with E-state index in [9.17, 15) is 4.79 Å². The van der Waals surface area contributed by atoms with Crippen LogP contribution in [0.5, 0.6) is 5.75 Å². The highest BCUT2D eigenvalue weighted by Gasteiger charge is 2.13. The monoisotopic (exact) mass is 378 g/mol. The van der Waals surface area contributed by atoms with Crippen molar-refractivity contribution < 1.29 is 9.15 Å². The van der Waals surface area contributed by atoms with Crippen LogP contribution in [0.2, 0.25) is 0 Å². The van der Waals surface area contributed by atoms with E-state index in [1.807, 2.05) is 54.6 Å². The number of aromatic nitrogens is 2. The van der Waals surface area contributed by atoms with Crippen molar-refractivity contribution in [2.24, 2.45) is 0 Å². The maximum atomic E-state index is 13.0. The average Bonchev–Trinajstić information content (AvgIpc) is 3.22. The van der Waals surface area contributed by atoms with E-state index < -0.39 is 0 Å². The number of fused-ring (bicyclic) bond motifs is 1. The normalized spacial score (nSPS) is 11.0. The largest absolute Gasteiger partial charge is 0.497 e. The Morgan fingerprint density at radius 3 is 2.63 bits per heavy atom. The third kappa shape index (κ3) is 3.75. The highest BCUT2D eigenvalue weighted by molar-refractivity contribution is 7.98. The van der Waals surface area contributed by atoms with Gasteiger partial charge in [-0.15, -0.1) is 0 Å². The van der Waals surface area contributed by atoms with Crippen LogP contribution in [0.4, 0.5) is 0 Å². The van der Waals surface area contributed by atoms with Crippen molar-refractivity contribution in [1.82, 2.24) is 9.55 Å². The fourth-order valence-corrected chi connectivity index (χ4v) is 3.78. The highest BCUT2D eigenvalue weighted by atomic mass is 32.2. The van der Waals surface area contributed by atoms with Gasteiger partial charge in [-0.25, -0.2) is 4.98 Å². The number of para-hydroxylation sites is 1. The van der Waals surface area contributed by atoms with E-state index >= 15 is 0 Å². The number of nitrogens with zero attached hydrogens (tertiary/aromatic N) is 2. The van der Waals surface area contributed by atoms with Gasteiger partial charge in [-0.2, -0.15) is 0 Å². The maximum Gasteiger partial charge on any atom is 0.262 e. The Morgan fingerprint density at radius 1 is 1.07 bits per heavy atom. The molecule has 2 heterocycles. The molecule has 0 amide bonds. The average molecular weight is 378 g/mol. The number of hydrogen-bond acceptors (Lipinski definition) is 5. The molecule has 27 heavy (non-hydrogen) atoms. The van der Waals surface area contributed by atoms with Gasteiger partial charge in [0.25, 0.3) is 5.56 Å². The van der Waals surface area contributed by atoms with Crippen molar-refractivity contribution in [3.63, 3.8) is 0 Å². The highest BCUT2D eigenvalue weighted by Crippen LogP contribution is 2.24. The molecule has 0 bridgehead atoms. The molecule has 0 aliphatic rings. The molecule has 2 aromatic carbocycles. The summed E-state index contributed by atoms with van der Waals surface area (Å²) in [7, 11) is 1.65. The van der Waals surface area contributed by atoms with Crippen molar-refractivity contribution in [2.75, 3.05) is 7.11 Å². The minimum absolute atomic E-state index is 0.0609. The molecule has 0 fully saturated rings. The predicted molar refractivity (Wildman–Crippen MR) is 106 cm³/mol. The van der Waals surface area contributed by atoms with E-state index in [1.54, 1.807) is 24.0 Å². The minimum atomic E-state index is -0.0609. The summed E-state index contributed by atoms with van der Waals surface area (Å²) in [6.07, 6.45) is 1.61. The second kappa shape index (κ2) is 7.72. The number of methoxy groups -OCH3 is 1. The van der Waals surface area contributed by atoms with E-state index in [0.29, 0.717) is 28.4 Å². The number of benzene rings is 2. The summed E-state index contributed by atoms with van der Waals surface area (Å²) < 4.78 is 12.3. The van der Waals surface area contributed by atoms with Crippen molar-refractivity contribution >= 4 is 22.7 Å². The predicted octanol–water partition coefficient (Wildman–Crippen LogP) is 4.34. The first-order chi connectivity index (χ1) is 13.2. The number of hydrogen-bond donors (Lipinski definition) is 0. The first kappa shape index (κ1) is 17.4. The van der Waals surface area contributed by atoms with Gasteiger partial charge in [-0.3, -0.25) is 9.36 Å². The van der Waals surface area contributed by atoms with Crippen LogP contribution in [0.1, 0.15) is 11.3 Å². The Hall–Kier alpha value is -2.99. The van der Waals surface area contributed by atoms with Crippen molar-refractivity contribution in [1.29, 1.82) is 0 Å². The Labute approximate surface area is 160 Å². The van der Waals surface area contributed by atoms with E-state index in [1.165, 1.54) is 11.8 Å². The topological polar surface area (TPSA) is 57.3 Å². The zero-order valence-electron chi connectivity index (χ0n) is 14.8. The first-order valence-corrected chi connectivity index (χ1v) is 9.51. The van der Waals surface area contributed by atoms with Crippen LogP contribution in [0.3, 0.4) is 0 Å². The molecule has 0 atom stereocenters. The Bertz CT molecular complexity index is 1100. The third-order valence-electron chi connectivity index (χ3n) is 4.25. The summed E-state index contributed by atoms with van der Waals surface area (Å²) in [5.74, 6) is 2.25. The van der Waals surface area contributed by atoms with Gasteiger partial charge in [0.2, 0.25) is 0 Å². The fraction of sp³-hybridized carbons (Fsp3) is 0.143. The molecule has 0 aliphatic heterocycles. The SMILES string of the molecule is COc1ccc(CSc2nc3ccccc3c(=O)n2Cc2ccco2)cc1. The first-order valence-electron chi connectivity index (χ1n) is 8.52. The minimum Gasteiger partial charge on any atom is -0.497 e. The molecule has 0 unspecified atom stereocenters. The van der Waals surface area contributed by atoms with Gasteiger partial charge in [-0.1, -0.05) is 36.0 Å². The van der Waals surface area contributed by atoms with Gasteiger partial charge in [0, 0.05) is 5.75 Å². The summed E-state index contributed by atoms with van der Waals surface area (Å²) >= 11 is 1.53. The van der Waals surface area contributed by atoms with Crippen LogP contribution in [0.25, 0.3) is 10.9 Å². The van der Waals surface area contributed by atoms with Crippen LogP contribution >= 0.6 is 11.8 Å². The van der Waals surface area contributed by atoms with Gasteiger partial charge >= 0.3 is 0 Å². The summed E-state index contributed by atoms with van der Waals surface area (Å²) in [6.45, 7) is 0.356. The molecule has 0 radical (unpaired) electrons. The third-order valence-corrected chi connectivity index (χ3v) is 5.30. The molecule has 136 valence electrons. The van der Waals surface area contributed by atoms with E-state index in [-0.39, 0.29) is 5.56 Å². The molecule has 0 spiro atoms. The molecule has 4 rings (SSSR count). The molecule has 2 aromatic heterocycles. The number of ether oxygens (including phenoxy) is 1. The second-order valence-corrected chi connectivity index (χ2v) is 6.96. The molecule has 4 aromatic rings. The zero-order chi connectivity index (χ0) is 18.6. The molecule has 0 aliphatic carbocycles. The molecular formula is C21H18N2O3S. The lowest BCUT2D eigenvalue weighted by Crippen LogP contribution is -2.23. The van der Waals surface area contributed by atoms with Gasteiger partial charge in [0.05, 0.1) is 30.8 Å². The lowest BCUT2D eigenvalue weighted by Gasteiger charge is -2.12. The Balaban J connectivity index is 1.69. The summed E-state index contributed by atoms with van der Waals surface area (Å²) in [6, 6.07) is 19.0. The van der Waals surface area contributed by atoms with E-state index in [2.05, 4.69) is 0 Å². The van der Waals surface area contributed by atoms with Gasteiger partial charge in [-0.05, 0) is 42.0 Å². The smallest absolute Gasteiger partial charge is 0.262 e. The molecule has 0 N–H and O–H groups in total. The molecule has 5 nitrogen and oxygen atoms in total. The van der Waals surface area contributed by atoms with Gasteiger partial charge < -0.3 is 9.15 Å². The summed E-state index contributed by atoms with van der Waals surface area (Å²) in [5.41, 5.74) is 1.78. The van der Waals surface area contributed by atoms with Crippen molar-refractivity contribution in [2.45, 2.75) is 17.5 Å². The number of rotatable bonds is 6. The lowest BCUT2D eigenvalue weighted by atomic mass is 10.2. The Kier molecular flexibility index (Phi) is 4.98.